The van der Waals surface area contributed by atoms with Crippen LogP contribution >= 0.6 is 0 Å². The molecular formula is C16H16F3N7O. The van der Waals surface area contributed by atoms with Crippen molar-refractivity contribution in [2.45, 2.75) is 25.1 Å². The van der Waals surface area contributed by atoms with Gasteiger partial charge in [-0.25, -0.2) is 9.97 Å². The molecule has 1 fully saturated rings. The summed E-state index contributed by atoms with van der Waals surface area (Å²) in [5, 5.41) is 21.5. The molecule has 3 heterocycles. The van der Waals surface area contributed by atoms with Gasteiger partial charge in [-0.1, -0.05) is 0 Å². The maximum atomic E-state index is 13.2. The van der Waals surface area contributed by atoms with Gasteiger partial charge >= 0.3 is 6.18 Å². The van der Waals surface area contributed by atoms with Crippen molar-refractivity contribution in [1.82, 2.24) is 25.5 Å². The summed E-state index contributed by atoms with van der Waals surface area (Å²) in [5.74, 6) is 0.355. The number of aromatic nitrogens is 4. The molecular weight excluding hydrogens is 363 g/mol. The smallest absolute Gasteiger partial charge is 0.376 e. The highest BCUT2D eigenvalue weighted by atomic mass is 19.4. The van der Waals surface area contributed by atoms with E-state index in [9.17, 15) is 13.2 Å². The zero-order valence-corrected chi connectivity index (χ0v) is 14.1. The Labute approximate surface area is 152 Å². The normalized spacial score (nSPS) is 17.3. The van der Waals surface area contributed by atoms with E-state index in [0.717, 1.165) is 6.54 Å². The molecule has 2 N–H and O–H groups in total. The van der Waals surface area contributed by atoms with Gasteiger partial charge < -0.3 is 15.4 Å². The van der Waals surface area contributed by atoms with Crippen molar-refractivity contribution >= 4 is 11.6 Å². The maximum absolute atomic E-state index is 13.2. The van der Waals surface area contributed by atoms with Gasteiger partial charge in [0.2, 0.25) is 0 Å². The summed E-state index contributed by atoms with van der Waals surface area (Å²) in [7, 11) is 0. The Morgan fingerprint density at radius 1 is 1.26 bits per heavy atom. The molecule has 1 aliphatic rings. The van der Waals surface area contributed by atoms with Gasteiger partial charge in [-0.15, -0.1) is 10.2 Å². The van der Waals surface area contributed by atoms with Crippen LogP contribution in [0.4, 0.5) is 24.8 Å². The van der Waals surface area contributed by atoms with Crippen LogP contribution in [0.25, 0.3) is 0 Å². The van der Waals surface area contributed by atoms with Crippen LogP contribution in [0.5, 0.6) is 0 Å². The lowest BCUT2D eigenvalue weighted by molar-refractivity contribution is -0.142. The largest absolute Gasteiger partial charge is 0.435 e. The fourth-order valence-corrected chi connectivity index (χ4v) is 2.62. The summed E-state index contributed by atoms with van der Waals surface area (Å²) >= 11 is 0. The molecule has 0 aliphatic carbocycles. The first-order valence-corrected chi connectivity index (χ1v) is 8.21. The van der Waals surface area contributed by atoms with E-state index in [1.807, 2.05) is 6.07 Å². The monoisotopic (exact) mass is 379 g/mol. The van der Waals surface area contributed by atoms with Crippen molar-refractivity contribution < 1.29 is 17.9 Å². The fraction of sp³-hybridized carbons (Fsp3) is 0.438. The predicted octanol–water partition coefficient (Wildman–Crippen LogP) is 1.82. The van der Waals surface area contributed by atoms with Crippen molar-refractivity contribution in [1.29, 1.82) is 5.26 Å². The molecule has 2 aromatic heterocycles. The number of rotatable bonds is 5. The molecule has 0 aromatic carbocycles. The van der Waals surface area contributed by atoms with E-state index in [1.54, 1.807) is 0 Å². The number of hydrogen-bond donors (Lipinski definition) is 2. The Bertz CT molecular complexity index is 814. The first-order chi connectivity index (χ1) is 13.0. The highest BCUT2D eigenvalue weighted by Gasteiger charge is 2.36. The van der Waals surface area contributed by atoms with E-state index in [-0.39, 0.29) is 35.4 Å². The van der Waals surface area contributed by atoms with Crippen LogP contribution in [0.15, 0.2) is 18.5 Å². The van der Waals surface area contributed by atoms with Crippen LogP contribution in [0.2, 0.25) is 0 Å². The summed E-state index contributed by atoms with van der Waals surface area (Å²) in [5.41, 5.74) is -0.862. The number of aryl methyl sites for hydroxylation is 1. The average Bonchev–Trinajstić information content (AvgIpc) is 2.67. The van der Waals surface area contributed by atoms with Gasteiger partial charge in [0.15, 0.2) is 17.2 Å². The van der Waals surface area contributed by atoms with Crippen LogP contribution in [0, 0.1) is 11.3 Å². The summed E-state index contributed by atoms with van der Waals surface area (Å²) < 4.78 is 45.2. The number of nitrogens with one attached hydrogen (secondary N) is 2. The molecule has 0 spiro atoms. The lowest BCUT2D eigenvalue weighted by Crippen LogP contribution is -2.38. The number of alkyl halides is 3. The van der Waals surface area contributed by atoms with Gasteiger partial charge in [0.05, 0.1) is 25.1 Å². The summed E-state index contributed by atoms with van der Waals surface area (Å²) in [6, 6.07) is 3.13. The Balaban J connectivity index is 1.77. The van der Waals surface area contributed by atoms with Gasteiger partial charge in [-0.2, -0.15) is 18.4 Å². The quantitative estimate of drug-likeness (QED) is 0.810. The van der Waals surface area contributed by atoms with E-state index < -0.39 is 11.9 Å². The topological polar surface area (TPSA) is 109 Å². The second-order valence-corrected chi connectivity index (χ2v) is 5.86. The van der Waals surface area contributed by atoms with Crippen molar-refractivity contribution in [3.8, 4) is 6.07 Å². The third kappa shape index (κ3) is 5.08. The Kier molecular flexibility index (Phi) is 5.78. The molecule has 1 unspecified atom stereocenters. The molecule has 142 valence electrons. The summed E-state index contributed by atoms with van der Waals surface area (Å²) in [6.07, 6.45) is -1.63. The molecule has 27 heavy (non-hydrogen) atoms. The number of morpholine rings is 1. The molecule has 2 aromatic rings. The van der Waals surface area contributed by atoms with Crippen molar-refractivity contribution in [2.75, 3.05) is 25.0 Å². The van der Waals surface area contributed by atoms with E-state index in [4.69, 9.17) is 10.00 Å². The lowest BCUT2D eigenvalue weighted by atomic mass is 10.0. The van der Waals surface area contributed by atoms with Crippen LogP contribution in [0.3, 0.4) is 0 Å². The van der Waals surface area contributed by atoms with Crippen LogP contribution < -0.4 is 10.6 Å². The molecule has 0 radical (unpaired) electrons. The SMILES string of the molecule is N#Cc1cnc(Nc2cc(CCC3CNCCO3)c(C(F)(F)F)nn2)cn1. The maximum Gasteiger partial charge on any atom is 0.435 e. The van der Waals surface area contributed by atoms with Crippen LogP contribution in [-0.2, 0) is 17.3 Å². The zero-order valence-electron chi connectivity index (χ0n) is 14.1. The third-order valence-corrected chi connectivity index (χ3v) is 3.90. The van der Waals surface area contributed by atoms with E-state index >= 15 is 0 Å². The molecule has 0 amide bonds. The number of halogens is 3. The molecule has 0 saturated carbocycles. The summed E-state index contributed by atoms with van der Waals surface area (Å²) in [6.45, 7) is 1.88. The van der Waals surface area contributed by atoms with Gasteiger partial charge in [-0.3, -0.25) is 0 Å². The van der Waals surface area contributed by atoms with Gasteiger partial charge in [0.25, 0.3) is 0 Å². The molecule has 1 saturated heterocycles. The minimum atomic E-state index is -4.60. The number of anilines is 2. The average molecular weight is 379 g/mol. The van der Waals surface area contributed by atoms with E-state index in [0.29, 0.717) is 19.6 Å². The minimum Gasteiger partial charge on any atom is -0.376 e. The zero-order chi connectivity index (χ0) is 19.3. The lowest BCUT2D eigenvalue weighted by Gasteiger charge is -2.24. The highest BCUT2D eigenvalue weighted by Crippen LogP contribution is 2.32. The summed E-state index contributed by atoms with van der Waals surface area (Å²) in [4.78, 5) is 7.78. The number of nitrogens with zero attached hydrogens (tertiary/aromatic N) is 5. The number of hydrogen-bond acceptors (Lipinski definition) is 8. The third-order valence-electron chi connectivity index (χ3n) is 3.90. The molecule has 11 heteroatoms. The second kappa shape index (κ2) is 8.24. The van der Waals surface area contributed by atoms with Gasteiger partial charge in [0.1, 0.15) is 11.9 Å². The molecule has 0 bridgehead atoms. The van der Waals surface area contributed by atoms with Crippen molar-refractivity contribution in [3.63, 3.8) is 0 Å². The number of nitriles is 1. The van der Waals surface area contributed by atoms with E-state index in [1.165, 1.54) is 18.5 Å². The fourth-order valence-electron chi connectivity index (χ4n) is 2.62. The first kappa shape index (κ1) is 18.9. The van der Waals surface area contributed by atoms with Crippen molar-refractivity contribution in [2.24, 2.45) is 0 Å². The Morgan fingerprint density at radius 2 is 2.11 bits per heavy atom. The van der Waals surface area contributed by atoms with Crippen molar-refractivity contribution in [3.05, 3.63) is 35.4 Å². The predicted molar refractivity (Wildman–Crippen MR) is 88.0 cm³/mol. The number of ether oxygens (including phenoxy) is 1. The van der Waals surface area contributed by atoms with Crippen LogP contribution in [0.1, 0.15) is 23.4 Å². The minimum absolute atomic E-state index is 0.0239. The Hall–Kier alpha value is -2.84. The van der Waals surface area contributed by atoms with Gasteiger partial charge in [-0.05, 0) is 24.5 Å². The molecule has 1 aliphatic heterocycles. The van der Waals surface area contributed by atoms with Crippen LogP contribution in [-0.4, -0.2) is 46.0 Å². The van der Waals surface area contributed by atoms with Gasteiger partial charge in [0, 0.05) is 13.1 Å². The standard InChI is InChI=1S/C16H16F3N7O/c17-16(18,19)15-10(1-2-12-8-21-3-4-27-12)5-13(25-26-15)24-14-9-22-11(6-20)7-23-14/h5,7,9,12,21H,1-4,8H2,(H,23,24,25). The first-order valence-electron chi connectivity index (χ1n) is 8.21. The molecule has 3 rings (SSSR count). The van der Waals surface area contributed by atoms with E-state index in [2.05, 4.69) is 30.8 Å². The highest BCUT2D eigenvalue weighted by molar-refractivity contribution is 5.51. The molecule has 8 nitrogen and oxygen atoms in total. The second-order valence-electron chi connectivity index (χ2n) is 5.86. The Morgan fingerprint density at radius 3 is 2.74 bits per heavy atom. The molecule has 1 atom stereocenters.